The van der Waals surface area contributed by atoms with E-state index < -0.39 is 16.8 Å². The third-order valence-corrected chi connectivity index (χ3v) is 4.96. The van der Waals surface area contributed by atoms with Crippen LogP contribution in [0.3, 0.4) is 0 Å². The molecule has 0 fully saturated rings. The summed E-state index contributed by atoms with van der Waals surface area (Å²) in [6.45, 7) is 3.76. The van der Waals surface area contributed by atoms with Crippen LogP contribution in [-0.2, 0) is 4.79 Å². The average molecular weight is 477 g/mol. The van der Waals surface area contributed by atoms with Gasteiger partial charge in [0.15, 0.2) is 18.1 Å². The number of esters is 1. The predicted molar refractivity (Wildman–Crippen MR) is 128 cm³/mol. The molecule has 10 nitrogen and oxygen atoms in total. The summed E-state index contributed by atoms with van der Waals surface area (Å²) in [4.78, 5) is 34.5. The molecule has 3 rings (SSSR count). The highest BCUT2D eigenvalue weighted by Gasteiger charge is 2.14. The fourth-order valence-corrected chi connectivity index (χ4v) is 2.89. The van der Waals surface area contributed by atoms with Gasteiger partial charge in [-0.05, 0) is 73.0 Å². The molecule has 1 N–H and O–H groups in total. The van der Waals surface area contributed by atoms with Crippen molar-refractivity contribution in [2.75, 3.05) is 13.7 Å². The second-order valence-corrected chi connectivity index (χ2v) is 7.43. The lowest BCUT2D eigenvalue weighted by atomic mass is 10.1. The van der Waals surface area contributed by atoms with E-state index in [0.717, 1.165) is 11.1 Å². The van der Waals surface area contributed by atoms with Crippen LogP contribution >= 0.6 is 0 Å². The number of methoxy groups -OCH3 is 1. The summed E-state index contributed by atoms with van der Waals surface area (Å²) < 4.78 is 16.1. The molecule has 0 aliphatic rings. The van der Waals surface area contributed by atoms with Gasteiger partial charge in [-0.2, -0.15) is 5.10 Å². The number of benzene rings is 3. The Hall–Kier alpha value is -4.73. The number of non-ortho nitro benzene ring substituents is 1. The molecule has 0 bridgehead atoms. The zero-order valence-corrected chi connectivity index (χ0v) is 19.3. The summed E-state index contributed by atoms with van der Waals surface area (Å²) in [5.74, 6) is -0.126. The molecule has 0 aromatic heterocycles. The topological polar surface area (TPSA) is 129 Å². The van der Waals surface area contributed by atoms with Gasteiger partial charge in [-0.25, -0.2) is 10.2 Å². The third kappa shape index (κ3) is 6.87. The molecule has 0 heterocycles. The predicted octanol–water partition coefficient (Wildman–Crippen LogP) is 3.97. The smallest absolute Gasteiger partial charge is 0.343 e. The monoisotopic (exact) mass is 477 g/mol. The van der Waals surface area contributed by atoms with Crippen molar-refractivity contribution >= 4 is 23.8 Å². The Morgan fingerprint density at radius 3 is 2.40 bits per heavy atom. The Kier molecular flexibility index (Phi) is 8.12. The van der Waals surface area contributed by atoms with Crippen LogP contribution in [0.25, 0.3) is 0 Å². The van der Waals surface area contributed by atoms with Gasteiger partial charge >= 0.3 is 5.97 Å². The normalized spacial score (nSPS) is 10.6. The van der Waals surface area contributed by atoms with Crippen molar-refractivity contribution in [3.63, 3.8) is 0 Å². The summed E-state index contributed by atoms with van der Waals surface area (Å²) in [5, 5.41) is 14.6. The number of hydrazone groups is 1. The number of nitro benzene ring substituents is 1. The first-order valence-corrected chi connectivity index (χ1v) is 10.4. The molecular formula is C25H23N3O7. The molecule has 0 atom stereocenters. The standard InChI is InChI=1S/C25H23N3O7/c1-16-4-10-21(12-17(16)2)34-15-24(29)27-26-14-18-5-11-22(23(13-18)33-3)35-25(30)19-6-8-20(9-7-19)28(31)32/h4-14H,15H2,1-3H3,(H,27,29). The number of rotatable bonds is 9. The van der Waals surface area contributed by atoms with Crippen LogP contribution in [0, 0.1) is 24.0 Å². The number of ether oxygens (including phenoxy) is 3. The maximum atomic E-state index is 12.4. The van der Waals surface area contributed by atoms with Gasteiger partial charge in [0.05, 0.1) is 23.8 Å². The lowest BCUT2D eigenvalue weighted by molar-refractivity contribution is -0.384. The van der Waals surface area contributed by atoms with Crippen molar-refractivity contribution in [1.29, 1.82) is 0 Å². The minimum Gasteiger partial charge on any atom is -0.493 e. The fourth-order valence-electron chi connectivity index (χ4n) is 2.89. The molecule has 0 saturated heterocycles. The fraction of sp³-hybridized carbons (Fsp3) is 0.160. The minimum absolute atomic E-state index is 0.133. The Labute approximate surface area is 201 Å². The summed E-state index contributed by atoms with van der Waals surface area (Å²) in [5.41, 5.74) is 5.17. The number of nitrogens with zero attached hydrogens (tertiary/aromatic N) is 2. The van der Waals surface area contributed by atoms with Crippen LogP contribution in [-0.4, -0.2) is 36.7 Å². The summed E-state index contributed by atoms with van der Waals surface area (Å²) >= 11 is 0. The van der Waals surface area contributed by atoms with Crippen molar-refractivity contribution in [1.82, 2.24) is 5.43 Å². The van der Waals surface area contributed by atoms with E-state index in [0.29, 0.717) is 11.3 Å². The maximum absolute atomic E-state index is 12.4. The van der Waals surface area contributed by atoms with E-state index in [9.17, 15) is 19.7 Å². The number of carbonyl (C=O) groups excluding carboxylic acids is 2. The average Bonchev–Trinajstić information content (AvgIpc) is 2.85. The van der Waals surface area contributed by atoms with Crippen LogP contribution < -0.4 is 19.6 Å². The molecule has 180 valence electrons. The summed E-state index contributed by atoms with van der Waals surface area (Å²) in [6.07, 6.45) is 1.40. The van der Waals surface area contributed by atoms with Crippen molar-refractivity contribution in [3.05, 3.63) is 93.0 Å². The van der Waals surface area contributed by atoms with Gasteiger partial charge in [0.25, 0.3) is 11.6 Å². The van der Waals surface area contributed by atoms with Crippen LogP contribution in [0.4, 0.5) is 5.69 Å². The highest BCUT2D eigenvalue weighted by molar-refractivity contribution is 5.92. The van der Waals surface area contributed by atoms with E-state index in [-0.39, 0.29) is 29.4 Å². The van der Waals surface area contributed by atoms with E-state index in [1.807, 2.05) is 26.0 Å². The zero-order valence-electron chi connectivity index (χ0n) is 19.3. The number of hydrogen-bond donors (Lipinski definition) is 1. The number of nitro groups is 1. The molecule has 3 aromatic rings. The first kappa shape index (κ1) is 24.9. The minimum atomic E-state index is -0.698. The Bertz CT molecular complexity index is 1270. The van der Waals surface area contributed by atoms with Crippen molar-refractivity contribution < 1.29 is 28.7 Å². The molecule has 10 heteroatoms. The number of hydrogen-bond acceptors (Lipinski definition) is 8. The highest BCUT2D eigenvalue weighted by atomic mass is 16.6. The number of aryl methyl sites for hydroxylation is 2. The Morgan fingerprint density at radius 2 is 1.74 bits per heavy atom. The molecule has 0 spiro atoms. The lowest BCUT2D eigenvalue weighted by Gasteiger charge is -2.10. The zero-order chi connectivity index (χ0) is 25.4. The largest absolute Gasteiger partial charge is 0.493 e. The molecule has 0 aliphatic heterocycles. The second kappa shape index (κ2) is 11.4. The molecule has 3 aromatic carbocycles. The van der Waals surface area contributed by atoms with Gasteiger partial charge in [-0.15, -0.1) is 0 Å². The van der Waals surface area contributed by atoms with E-state index in [2.05, 4.69) is 10.5 Å². The second-order valence-electron chi connectivity index (χ2n) is 7.43. The maximum Gasteiger partial charge on any atom is 0.343 e. The lowest BCUT2D eigenvalue weighted by Crippen LogP contribution is -2.24. The number of nitrogens with one attached hydrogen (secondary N) is 1. The summed E-state index contributed by atoms with van der Waals surface area (Å²) in [6, 6.07) is 15.3. The quantitative estimate of drug-likeness (QED) is 0.162. The van der Waals surface area contributed by atoms with E-state index in [4.69, 9.17) is 14.2 Å². The molecule has 0 saturated carbocycles. The van der Waals surface area contributed by atoms with Gasteiger partial charge in [-0.3, -0.25) is 14.9 Å². The van der Waals surface area contributed by atoms with E-state index >= 15 is 0 Å². The Morgan fingerprint density at radius 1 is 1.00 bits per heavy atom. The molecule has 1 amide bonds. The van der Waals surface area contributed by atoms with Gasteiger partial charge in [-0.1, -0.05) is 6.07 Å². The van der Waals surface area contributed by atoms with Crippen LogP contribution in [0.2, 0.25) is 0 Å². The van der Waals surface area contributed by atoms with Crippen molar-refractivity contribution in [2.24, 2.45) is 5.10 Å². The van der Waals surface area contributed by atoms with E-state index in [1.165, 1.54) is 43.7 Å². The van der Waals surface area contributed by atoms with Gasteiger partial charge in [0.2, 0.25) is 0 Å². The van der Waals surface area contributed by atoms with E-state index in [1.54, 1.807) is 18.2 Å². The van der Waals surface area contributed by atoms with Gasteiger partial charge in [0, 0.05) is 12.1 Å². The Balaban J connectivity index is 1.56. The van der Waals surface area contributed by atoms with Gasteiger partial charge < -0.3 is 14.2 Å². The molecular weight excluding hydrogens is 454 g/mol. The SMILES string of the molecule is COc1cc(C=NNC(=O)COc2ccc(C)c(C)c2)ccc1OC(=O)c1ccc([N+](=O)[O-])cc1. The highest BCUT2D eigenvalue weighted by Crippen LogP contribution is 2.28. The molecule has 0 radical (unpaired) electrons. The molecule has 0 unspecified atom stereocenters. The summed E-state index contributed by atoms with van der Waals surface area (Å²) in [7, 11) is 1.41. The first-order valence-electron chi connectivity index (χ1n) is 10.4. The van der Waals surface area contributed by atoms with Crippen LogP contribution in [0.5, 0.6) is 17.2 Å². The third-order valence-electron chi connectivity index (χ3n) is 4.96. The van der Waals surface area contributed by atoms with Crippen LogP contribution in [0.1, 0.15) is 27.0 Å². The van der Waals surface area contributed by atoms with Crippen LogP contribution in [0.15, 0.2) is 65.8 Å². The molecule has 35 heavy (non-hydrogen) atoms. The van der Waals surface area contributed by atoms with Gasteiger partial charge in [0.1, 0.15) is 5.75 Å². The number of carbonyl (C=O) groups is 2. The van der Waals surface area contributed by atoms with Crippen molar-refractivity contribution in [3.8, 4) is 17.2 Å². The number of amides is 1. The first-order chi connectivity index (χ1) is 16.8. The molecule has 0 aliphatic carbocycles. The van der Waals surface area contributed by atoms with Crippen molar-refractivity contribution in [2.45, 2.75) is 13.8 Å².